The van der Waals surface area contributed by atoms with Crippen LogP contribution in [0.25, 0.3) is 0 Å². The Balaban J connectivity index is 3.05. The molecule has 12 heavy (non-hydrogen) atoms. The van der Waals surface area contributed by atoms with Crippen molar-refractivity contribution >= 4 is 9.84 Å². The second kappa shape index (κ2) is 2.70. The lowest BCUT2D eigenvalue weighted by molar-refractivity contribution is 0.385. The highest BCUT2D eigenvalue weighted by atomic mass is 32.2. The third-order valence-electron chi connectivity index (χ3n) is 2.57. The van der Waals surface area contributed by atoms with Gasteiger partial charge in [0, 0.05) is 5.54 Å². The van der Waals surface area contributed by atoms with E-state index >= 15 is 0 Å². The molecule has 72 valence electrons. The van der Waals surface area contributed by atoms with E-state index in [1.807, 2.05) is 20.8 Å². The first-order valence-corrected chi connectivity index (χ1v) is 5.99. The lowest BCUT2D eigenvalue weighted by atomic mass is 9.89. The molecule has 1 saturated heterocycles. The van der Waals surface area contributed by atoms with E-state index in [0.717, 1.165) is 0 Å². The lowest BCUT2D eigenvalue weighted by Crippen LogP contribution is -2.48. The van der Waals surface area contributed by atoms with Gasteiger partial charge in [-0.05, 0) is 19.3 Å². The third-order valence-corrected chi connectivity index (χ3v) is 5.20. The highest BCUT2D eigenvalue weighted by Crippen LogP contribution is 2.33. The second-order valence-corrected chi connectivity index (χ2v) is 6.53. The van der Waals surface area contributed by atoms with Crippen molar-refractivity contribution in [3.8, 4) is 0 Å². The molecule has 1 rings (SSSR count). The molecular formula is C8H17NO2S. The topological polar surface area (TPSA) is 60.2 Å². The Bertz CT molecular complexity index is 267. The summed E-state index contributed by atoms with van der Waals surface area (Å²) in [6.45, 7) is 5.67. The predicted octanol–water partition coefficient (Wildman–Crippen LogP) is 0.547. The highest BCUT2D eigenvalue weighted by molar-refractivity contribution is 7.92. The average Bonchev–Trinajstić information content (AvgIpc) is 2.01. The molecule has 0 spiro atoms. The van der Waals surface area contributed by atoms with E-state index in [4.69, 9.17) is 5.73 Å². The molecule has 1 heterocycles. The molecule has 0 aromatic carbocycles. The molecule has 3 nitrogen and oxygen atoms in total. The van der Waals surface area contributed by atoms with Gasteiger partial charge in [0.2, 0.25) is 0 Å². The minimum atomic E-state index is -2.92. The van der Waals surface area contributed by atoms with Gasteiger partial charge in [0.05, 0.1) is 11.0 Å². The zero-order chi connectivity index (χ0) is 9.57. The summed E-state index contributed by atoms with van der Waals surface area (Å²) in [5, 5.41) is -0.356. The Kier molecular flexibility index (Phi) is 2.25. The van der Waals surface area contributed by atoms with Gasteiger partial charge in [0.1, 0.15) is 0 Å². The molecule has 1 aliphatic heterocycles. The van der Waals surface area contributed by atoms with Crippen LogP contribution in [0.3, 0.4) is 0 Å². The van der Waals surface area contributed by atoms with Crippen LogP contribution < -0.4 is 5.73 Å². The summed E-state index contributed by atoms with van der Waals surface area (Å²) in [5.41, 5.74) is 5.40. The van der Waals surface area contributed by atoms with Gasteiger partial charge < -0.3 is 5.73 Å². The summed E-state index contributed by atoms with van der Waals surface area (Å²) in [4.78, 5) is 0. The number of hydrogen-bond acceptors (Lipinski definition) is 3. The molecule has 2 N–H and O–H groups in total. The van der Waals surface area contributed by atoms with E-state index in [-0.39, 0.29) is 16.9 Å². The van der Waals surface area contributed by atoms with E-state index in [1.54, 1.807) is 0 Å². The molecule has 0 radical (unpaired) electrons. The summed E-state index contributed by atoms with van der Waals surface area (Å²) < 4.78 is 23.1. The van der Waals surface area contributed by atoms with E-state index in [9.17, 15) is 8.42 Å². The highest BCUT2D eigenvalue weighted by Gasteiger charge is 2.47. The van der Waals surface area contributed by atoms with Gasteiger partial charge in [0.25, 0.3) is 0 Å². The largest absolute Gasteiger partial charge is 0.324 e. The predicted molar refractivity (Wildman–Crippen MR) is 49.6 cm³/mol. The van der Waals surface area contributed by atoms with Gasteiger partial charge in [-0.25, -0.2) is 8.42 Å². The summed E-state index contributed by atoms with van der Waals surface area (Å²) in [6, 6.07) is 0. The van der Waals surface area contributed by atoms with Gasteiger partial charge in [-0.1, -0.05) is 13.8 Å². The SMILES string of the molecule is CC(C)C1C(C)(N)CCS1(=O)=O. The van der Waals surface area contributed by atoms with E-state index in [1.165, 1.54) is 0 Å². The van der Waals surface area contributed by atoms with Crippen molar-refractivity contribution in [3.05, 3.63) is 0 Å². The maximum atomic E-state index is 11.5. The Morgan fingerprint density at radius 2 is 2.00 bits per heavy atom. The third kappa shape index (κ3) is 1.50. The average molecular weight is 191 g/mol. The number of rotatable bonds is 1. The number of hydrogen-bond donors (Lipinski definition) is 1. The Morgan fingerprint density at radius 3 is 2.17 bits per heavy atom. The summed E-state index contributed by atoms with van der Waals surface area (Å²) in [5.74, 6) is 0.371. The van der Waals surface area contributed by atoms with Gasteiger partial charge >= 0.3 is 0 Å². The van der Waals surface area contributed by atoms with Crippen molar-refractivity contribution in [2.75, 3.05) is 5.75 Å². The Morgan fingerprint density at radius 1 is 1.50 bits per heavy atom. The van der Waals surface area contributed by atoms with Gasteiger partial charge in [-0.3, -0.25) is 0 Å². The normalized spacial score (nSPS) is 40.6. The van der Waals surface area contributed by atoms with Crippen LogP contribution in [0.1, 0.15) is 27.2 Å². The molecule has 4 heteroatoms. The Hall–Kier alpha value is -0.0900. The molecule has 0 aliphatic carbocycles. The maximum absolute atomic E-state index is 11.5. The quantitative estimate of drug-likeness (QED) is 0.658. The fourth-order valence-electron chi connectivity index (χ4n) is 2.22. The standard InChI is InChI=1S/C8H17NO2S/c1-6(2)7-8(3,9)4-5-12(7,10)11/h6-7H,4-5,9H2,1-3H3. The fraction of sp³-hybridized carbons (Fsp3) is 1.00. The van der Waals surface area contributed by atoms with E-state index in [2.05, 4.69) is 0 Å². The van der Waals surface area contributed by atoms with Crippen molar-refractivity contribution < 1.29 is 8.42 Å². The van der Waals surface area contributed by atoms with Crippen molar-refractivity contribution in [1.29, 1.82) is 0 Å². The molecule has 1 fully saturated rings. The van der Waals surface area contributed by atoms with Crippen LogP contribution in [0.4, 0.5) is 0 Å². The zero-order valence-corrected chi connectivity index (χ0v) is 8.69. The molecule has 1 aliphatic rings. The number of nitrogens with two attached hydrogens (primary N) is 1. The van der Waals surface area contributed by atoms with Gasteiger partial charge in [-0.2, -0.15) is 0 Å². The first-order valence-electron chi connectivity index (χ1n) is 4.28. The van der Waals surface area contributed by atoms with Crippen LogP contribution in [-0.4, -0.2) is 25.0 Å². The van der Waals surface area contributed by atoms with Gasteiger partial charge in [-0.15, -0.1) is 0 Å². The summed E-state index contributed by atoms with van der Waals surface area (Å²) in [7, 11) is -2.92. The molecule has 0 aromatic heterocycles. The Labute approximate surface area is 74.3 Å². The van der Waals surface area contributed by atoms with Gasteiger partial charge in [0.15, 0.2) is 9.84 Å². The summed E-state index contributed by atoms with van der Waals surface area (Å²) in [6.07, 6.45) is 0.595. The van der Waals surface area contributed by atoms with Crippen LogP contribution >= 0.6 is 0 Å². The van der Waals surface area contributed by atoms with Crippen LogP contribution in [0, 0.1) is 5.92 Å². The zero-order valence-electron chi connectivity index (χ0n) is 7.87. The molecular weight excluding hydrogens is 174 g/mol. The van der Waals surface area contributed by atoms with E-state index < -0.39 is 15.4 Å². The molecule has 0 bridgehead atoms. The molecule has 2 unspecified atom stereocenters. The molecule has 0 amide bonds. The minimum Gasteiger partial charge on any atom is -0.324 e. The van der Waals surface area contributed by atoms with Crippen molar-refractivity contribution in [2.45, 2.75) is 38.0 Å². The smallest absolute Gasteiger partial charge is 0.155 e. The van der Waals surface area contributed by atoms with Crippen molar-refractivity contribution in [1.82, 2.24) is 0 Å². The second-order valence-electron chi connectivity index (χ2n) is 4.29. The van der Waals surface area contributed by atoms with Crippen LogP contribution in [0.15, 0.2) is 0 Å². The monoisotopic (exact) mass is 191 g/mol. The first kappa shape index (κ1) is 9.99. The van der Waals surface area contributed by atoms with Crippen molar-refractivity contribution in [2.24, 2.45) is 11.7 Å². The maximum Gasteiger partial charge on any atom is 0.155 e. The molecule has 0 aromatic rings. The molecule has 2 atom stereocenters. The van der Waals surface area contributed by atoms with Crippen LogP contribution in [0.5, 0.6) is 0 Å². The lowest BCUT2D eigenvalue weighted by Gasteiger charge is -2.28. The van der Waals surface area contributed by atoms with Crippen LogP contribution in [-0.2, 0) is 9.84 Å². The minimum absolute atomic E-state index is 0.118. The van der Waals surface area contributed by atoms with Crippen LogP contribution in [0.2, 0.25) is 0 Å². The number of sulfone groups is 1. The van der Waals surface area contributed by atoms with Crippen molar-refractivity contribution in [3.63, 3.8) is 0 Å². The van der Waals surface area contributed by atoms with E-state index in [0.29, 0.717) is 6.42 Å². The fourth-order valence-corrected chi connectivity index (χ4v) is 4.96. The molecule has 0 saturated carbocycles. The first-order chi connectivity index (χ1) is 5.27. The summed E-state index contributed by atoms with van der Waals surface area (Å²) >= 11 is 0.